The van der Waals surface area contributed by atoms with Crippen LogP contribution < -0.4 is 0 Å². The summed E-state index contributed by atoms with van der Waals surface area (Å²) < 4.78 is 14.7. The molecule has 1 unspecified atom stereocenters. The molecule has 6 heteroatoms. The lowest BCUT2D eigenvalue weighted by Crippen LogP contribution is -2.33. The molecule has 0 aliphatic carbocycles. The maximum atomic E-state index is 11.9. The van der Waals surface area contributed by atoms with Gasteiger partial charge in [-0.1, -0.05) is 30.3 Å². The highest BCUT2D eigenvalue weighted by Gasteiger charge is 2.28. The molecular weight excluding hydrogens is 252 g/mol. The van der Waals surface area contributed by atoms with Gasteiger partial charge in [-0.15, -0.1) is 0 Å². The van der Waals surface area contributed by atoms with Crippen LogP contribution in [-0.2, 0) is 19.0 Å². The van der Waals surface area contributed by atoms with Gasteiger partial charge < -0.3 is 19.3 Å². The van der Waals surface area contributed by atoms with Crippen LogP contribution in [0.2, 0.25) is 0 Å². The fourth-order valence-corrected chi connectivity index (χ4v) is 1.33. The Kier molecular flexibility index (Phi) is 6.73. The summed E-state index contributed by atoms with van der Waals surface area (Å²) in [6.45, 7) is 0.356. The van der Waals surface area contributed by atoms with Gasteiger partial charge in [0.15, 0.2) is 0 Å². The van der Waals surface area contributed by atoms with Crippen LogP contribution in [0.25, 0.3) is 0 Å². The first-order chi connectivity index (χ1) is 9.16. The molecule has 1 aromatic carbocycles. The van der Waals surface area contributed by atoms with E-state index in [9.17, 15) is 9.59 Å². The molecule has 104 valence electrons. The Balaban J connectivity index is 2.53. The van der Waals surface area contributed by atoms with E-state index in [0.29, 0.717) is 6.61 Å². The van der Waals surface area contributed by atoms with Crippen molar-refractivity contribution in [2.24, 2.45) is 0 Å². The Bertz CT molecular complexity index is 403. The highest BCUT2D eigenvalue weighted by atomic mass is 16.7. The number of Topliss-reactive ketones (excluding diaryl/α,β-unsaturated/α-hetero) is 1. The van der Waals surface area contributed by atoms with Gasteiger partial charge in [0.05, 0.1) is 13.2 Å². The third kappa shape index (κ3) is 5.17. The summed E-state index contributed by atoms with van der Waals surface area (Å²) >= 11 is 0. The zero-order chi connectivity index (χ0) is 14.1. The van der Waals surface area contributed by atoms with E-state index in [1.54, 1.807) is 18.2 Å². The van der Waals surface area contributed by atoms with Gasteiger partial charge in [-0.05, 0) is 0 Å². The fourth-order valence-electron chi connectivity index (χ4n) is 1.33. The third-order valence-electron chi connectivity index (χ3n) is 2.27. The minimum absolute atomic E-state index is 0.266. The molecule has 0 saturated carbocycles. The number of carbonyl (C=O) groups excluding carboxylic acids is 1. The summed E-state index contributed by atoms with van der Waals surface area (Å²) in [6.07, 6.45) is -1.56. The van der Waals surface area contributed by atoms with Crippen molar-refractivity contribution in [1.82, 2.24) is 0 Å². The van der Waals surface area contributed by atoms with Crippen molar-refractivity contribution >= 4 is 11.8 Å². The molecule has 0 heterocycles. The number of hydrogen-bond acceptors (Lipinski definition) is 5. The lowest BCUT2D eigenvalue weighted by Gasteiger charge is -2.12. The first-order valence-electron chi connectivity index (χ1n) is 5.67. The Morgan fingerprint density at radius 2 is 1.89 bits per heavy atom. The van der Waals surface area contributed by atoms with E-state index in [4.69, 9.17) is 19.3 Å². The number of carboxylic acids is 1. The number of carbonyl (C=O) groups is 2. The summed E-state index contributed by atoms with van der Waals surface area (Å²) in [5.41, 5.74) is 0.284. The lowest BCUT2D eigenvalue weighted by atomic mass is 10.1. The molecule has 0 saturated heterocycles. The molecule has 1 atom stereocenters. The molecule has 0 aliphatic rings. The Morgan fingerprint density at radius 3 is 2.47 bits per heavy atom. The minimum Gasteiger partial charge on any atom is -0.479 e. The van der Waals surface area contributed by atoms with E-state index in [-0.39, 0.29) is 19.0 Å². The van der Waals surface area contributed by atoms with Crippen molar-refractivity contribution in [3.63, 3.8) is 0 Å². The number of benzene rings is 1. The summed E-state index contributed by atoms with van der Waals surface area (Å²) in [4.78, 5) is 22.9. The minimum atomic E-state index is -1.56. The van der Waals surface area contributed by atoms with Crippen molar-refractivity contribution in [1.29, 1.82) is 0 Å². The van der Waals surface area contributed by atoms with Gasteiger partial charge in [-0.25, -0.2) is 4.79 Å². The second-order valence-corrected chi connectivity index (χ2v) is 3.63. The molecule has 0 bridgehead atoms. The number of ketones is 1. The number of methoxy groups -OCH3 is 1. The quantitative estimate of drug-likeness (QED) is 0.311. The van der Waals surface area contributed by atoms with E-state index >= 15 is 0 Å². The molecule has 0 aliphatic heterocycles. The average Bonchev–Trinajstić information content (AvgIpc) is 2.43. The van der Waals surface area contributed by atoms with Crippen LogP contribution in [0.15, 0.2) is 30.3 Å². The van der Waals surface area contributed by atoms with Crippen LogP contribution in [0.1, 0.15) is 10.4 Å². The summed E-state index contributed by atoms with van der Waals surface area (Å²) in [5, 5.41) is 8.98. The highest BCUT2D eigenvalue weighted by molar-refractivity contribution is 6.10. The van der Waals surface area contributed by atoms with Crippen LogP contribution in [0, 0.1) is 0 Å². The molecule has 1 aromatic rings. The van der Waals surface area contributed by atoms with Crippen molar-refractivity contribution in [2.75, 3.05) is 27.1 Å². The van der Waals surface area contributed by atoms with Gasteiger partial charge in [-0.3, -0.25) is 4.79 Å². The molecule has 0 radical (unpaired) electrons. The first-order valence-corrected chi connectivity index (χ1v) is 5.67. The monoisotopic (exact) mass is 268 g/mol. The first kappa shape index (κ1) is 15.3. The lowest BCUT2D eigenvalue weighted by molar-refractivity contribution is -0.156. The van der Waals surface area contributed by atoms with Gasteiger partial charge in [0.2, 0.25) is 11.9 Å². The summed E-state index contributed by atoms with van der Waals surface area (Å²) in [7, 11) is 1.52. The van der Waals surface area contributed by atoms with Crippen LogP contribution in [0.5, 0.6) is 0 Å². The second kappa shape index (κ2) is 8.36. The molecule has 0 fully saturated rings. The maximum absolute atomic E-state index is 11.9. The molecule has 0 amide bonds. The standard InChI is InChI=1S/C13H16O6/c1-17-7-8-18-9-19-12(13(15)16)11(14)10-5-3-2-4-6-10/h2-6,12H,7-9H2,1H3,(H,15,16). The molecule has 0 spiro atoms. The van der Waals surface area contributed by atoms with Crippen molar-refractivity contribution in [3.8, 4) is 0 Å². The number of ether oxygens (including phenoxy) is 3. The Labute approximate surface area is 110 Å². The van der Waals surface area contributed by atoms with Crippen LogP contribution in [0.3, 0.4) is 0 Å². The van der Waals surface area contributed by atoms with Gasteiger partial charge in [0, 0.05) is 12.7 Å². The Morgan fingerprint density at radius 1 is 1.21 bits per heavy atom. The van der Waals surface area contributed by atoms with Gasteiger partial charge in [0.25, 0.3) is 0 Å². The third-order valence-corrected chi connectivity index (χ3v) is 2.27. The Hall–Kier alpha value is -1.76. The SMILES string of the molecule is COCCOCOC(C(=O)O)C(=O)c1ccccc1. The van der Waals surface area contributed by atoms with E-state index in [1.165, 1.54) is 19.2 Å². The molecule has 0 aromatic heterocycles. The highest BCUT2D eigenvalue weighted by Crippen LogP contribution is 2.07. The van der Waals surface area contributed by atoms with E-state index in [1.807, 2.05) is 0 Å². The zero-order valence-corrected chi connectivity index (χ0v) is 10.6. The van der Waals surface area contributed by atoms with Crippen molar-refractivity contribution in [2.45, 2.75) is 6.10 Å². The number of rotatable bonds is 9. The molecule has 19 heavy (non-hydrogen) atoms. The predicted octanol–water partition coefficient (Wildman–Crippen LogP) is 0.960. The smallest absolute Gasteiger partial charge is 0.341 e. The van der Waals surface area contributed by atoms with E-state index in [2.05, 4.69) is 0 Å². The topological polar surface area (TPSA) is 82.1 Å². The van der Waals surface area contributed by atoms with Gasteiger partial charge in [0.1, 0.15) is 6.79 Å². The van der Waals surface area contributed by atoms with E-state index in [0.717, 1.165) is 0 Å². The van der Waals surface area contributed by atoms with Crippen LogP contribution >= 0.6 is 0 Å². The molecule has 1 rings (SSSR count). The number of carboxylic acid groups (broad SMARTS) is 1. The second-order valence-electron chi connectivity index (χ2n) is 3.63. The summed E-state index contributed by atoms with van der Waals surface area (Å²) in [5.74, 6) is -1.95. The van der Waals surface area contributed by atoms with Crippen LogP contribution in [0.4, 0.5) is 0 Å². The van der Waals surface area contributed by atoms with Crippen LogP contribution in [-0.4, -0.2) is 50.1 Å². The van der Waals surface area contributed by atoms with Crippen molar-refractivity contribution in [3.05, 3.63) is 35.9 Å². The largest absolute Gasteiger partial charge is 0.479 e. The van der Waals surface area contributed by atoms with E-state index < -0.39 is 17.9 Å². The van der Waals surface area contributed by atoms with Crippen molar-refractivity contribution < 1.29 is 28.9 Å². The predicted molar refractivity (Wildman–Crippen MR) is 66.0 cm³/mol. The van der Waals surface area contributed by atoms with Gasteiger partial charge in [-0.2, -0.15) is 0 Å². The van der Waals surface area contributed by atoms with Gasteiger partial charge >= 0.3 is 5.97 Å². The molecular formula is C13H16O6. The average molecular weight is 268 g/mol. The molecule has 1 N–H and O–H groups in total. The maximum Gasteiger partial charge on any atom is 0.341 e. The zero-order valence-electron chi connectivity index (χ0n) is 10.6. The number of aliphatic carboxylic acids is 1. The number of hydrogen-bond donors (Lipinski definition) is 1. The fraction of sp³-hybridized carbons (Fsp3) is 0.385. The molecule has 6 nitrogen and oxygen atoms in total. The summed E-state index contributed by atoms with van der Waals surface area (Å²) in [6, 6.07) is 8.12. The normalized spacial score (nSPS) is 12.1.